The van der Waals surface area contributed by atoms with Crippen LogP contribution in [0, 0.1) is 5.41 Å². The summed E-state index contributed by atoms with van der Waals surface area (Å²) in [6.07, 6.45) is 5.46. The molecule has 2 aliphatic rings. The number of benzene rings is 1. The van der Waals surface area contributed by atoms with Crippen LogP contribution in [0.2, 0.25) is 0 Å². The second-order valence-electron chi connectivity index (χ2n) is 6.73. The van der Waals surface area contributed by atoms with E-state index in [-0.39, 0.29) is 0 Å². The molecule has 2 nitrogen and oxygen atoms in total. The quantitative estimate of drug-likeness (QED) is 0.873. The zero-order chi connectivity index (χ0) is 13.1. The van der Waals surface area contributed by atoms with E-state index < -0.39 is 0 Å². The predicted molar refractivity (Wildman–Crippen MR) is 80.1 cm³/mol. The summed E-state index contributed by atoms with van der Waals surface area (Å²) in [6, 6.07) is 11.6. The smallest absolute Gasteiger partial charge is 0.0233 e. The third-order valence-electron chi connectivity index (χ3n) is 4.76. The van der Waals surface area contributed by atoms with E-state index in [0.717, 1.165) is 12.6 Å². The highest BCUT2D eigenvalue weighted by molar-refractivity contribution is 5.14. The Hall–Kier alpha value is -0.860. The van der Waals surface area contributed by atoms with Crippen LogP contribution in [-0.4, -0.2) is 30.6 Å². The molecule has 1 aliphatic carbocycles. The Morgan fingerprint density at radius 2 is 1.84 bits per heavy atom. The first-order valence-corrected chi connectivity index (χ1v) is 7.73. The standard InChI is InChI=1S/C17H26N2/c1-17(9-10-17)14-18-16-7-11-19(12-8-16)13-15-5-3-2-4-6-15/h2-6,16,18H,7-14H2,1H3. The van der Waals surface area contributed by atoms with Gasteiger partial charge in [0.1, 0.15) is 0 Å². The van der Waals surface area contributed by atoms with Crippen molar-refractivity contribution in [1.82, 2.24) is 10.2 Å². The maximum Gasteiger partial charge on any atom is 0.0233 e. The Morgan fingerprint density at radius 1 is 1.16 bits per heavy atom. The first-order chi connectivity index (χ1) is 9.23. The van der Waals surface area contributed by atoms with Crippen molar-refractivity contribution in [2.24, 2.45) is 5.41 Å². The van der Waals surface area contributed by atoms with Gasteiger partial charge in [-0.3, -0.25) is 4.90 Å². The van der Waals surface area contributed by atoms with Gasteiger partial charge < -0.3 is 5.32 Å². The molecule has 1 heterocycles. The second kappa shape index (κ2) is 5.64. The minimum absolute atomic E-state index is 0.640. The van der Waals surface area contributed by atoms with E-state index in [4.69, 9.17) is 0 Å². The monoisotopic (exact) mass is 258 g/mol. The molecule has 1 aromatic carbocycles. The van der Waals surface area contributed by atoms with Gasteiger partial charge in [0.15, 0.2) is 0 Å². The number of nitrogens with one attached hydrogen (secondary N) is 1. The van der Waals surface area contributed by atoms with Crippen molar-refractivity contribution in [3.8, 4) is 0 Å². The Labute approximate surface area is 117 Å². The van der Waals surface area contributed by atoms with Crippen LogP contribution in [0.4, 0.5) is 0 Å². The molecule has 0 bridgehead atoms. The highest BCUT2D eigenvalue weighted by Gasteiger charge is 2.37. The molecule has 104 valence electrons. The van der Waals surface area contributed by atoms with E-state index in [0.29, 0.717) is 5.41 Å². The molecule has 2 fully saturated rings. The summed E-state index contributed by atoms with van der Waals surface area (Å²) in [6.45, 7) is 7.23. The Balaban J connectivity index is 1.39. The molecule has 1 aromatic rings. The normalized spacial score (nSPS) is 23.4. The van der Waals surface area contributed by atoms with Crippen molar-refractivity contribution < 1.29 is 0 Å². The molecule has 1 saturated carbocycles. The van der Waals surface area contributed by atoms with E-state index in [2.05, 4.69) is 47.5 Å². The van der Waals surface area contributed by atoms with Crippen LogP contribution in [0.25, 0.3) is 0 Å². The maximum atomic E-state index is 3.78. The van der Waals surface area contributed by atoms with Crippen LogP contribution >= 0.6 is 0 Å². The van der Waals surface area contributed by atoms with Crippen molar-refractivity contribution >= 4 is 0 Å². The highest BCUT2D eigenvalue weighted by Crippen LogP contribution is 2.44. The Morgan fingerprint density at radius 3 is 2.47 bits per heavy atom. The molecule has 0 aromatic heterocycles. The number of hydrogen-bond acceptors (Lipinski definition) is 2. The lowest BCUT2D eigenvalue weighted by molar-refractivity contribution is 0.187. The van der Waals surface area contributed by atoms with Gasteiger partial charge in [-0.15, -0.1) is 0 Å². The van der Waals surface area contributed by atoms with Crippen molar-refractivity contribution in [2.75, 3.05) is 19.6 Å². The lowest BCUT2D eigenvalue weighted by Gasteiger charge is -2.33. The average Bonchev–Trinajstić information content (AvgIpc) is 3.18. The SMILES string of the molecule is CC1(CNC2CCN(Cc3ccccc3)CC2)CC1. The molecular formula is C17H26N2. The molecule has 1 saturated heterocycles. The Bertz CT molecular complexity index is 389. The van der Waals surface area contributed by atoms with Gasteiger partial charge in [-0.05, 0) is 49.8 Å². The predicted octanol–water partition coefficient (Wildman–Crippen LogP) is 3.04. The highest BCUT2D eigenvalue weighted by atomic mass is 15.1. The molecule has 19 heavy (non-hydrogen) atoms. The minimum atomic E-state index is 0.640. The summed E-state index contributed by atoms with van der Waals surface area (Å²) in [5.41, 5.74) is 2.08. The minimum Gasteiger partial charge on any atom is -0.313 e. The molecule has 0 radical (unpaired) electrons. The fourth-order valence-corrected chi connectivity index (χ4v) is 2.92. The summed E-state index contributed by atoms with van der Waals surface area (Å²) in [5, 5.41) is 3.78. The van der Waals surface area contributed by atoms with Crippen molar-refractivity contribution in [3.63, 3.8) is 0 Å². The molecule has 1 N–H and O–H groups in total. The van der Waals surface area contributed by atoms with Gasteiger partial charge in [0.2, 0.25) is 0 Å². The second-order valence-corrected chi connectivity index (χ2v) is 6.73. The first kappa shape index (κ1) is 13.1. The third kappa shape index (κ3) is 3.80. The molecule has 3 rings (SSSR count). The van der Waals surface area contributed by atoms with Crippen LogP contribution in [-0.2, 0) is 6.54 Å². The lowest BCUT2D eigenvalue weighted by Crippen LogP contribution is -2.43. The number of rotatable bonds is 5. The molecule has 1 aliphatic heterocycles. The van der Waals surface area contributed by atoms with Crippen LogP contribution in [0.15, 0.2) is 30.3 Å². The van der Waals surface area contributed by atoms with E-state index in [1.165, 1.54) is 50.9 Å². The third-order valence-corrected chi connectivity index (χ3v) is 4.76. The largest absolute Gasteiger partial charge is 0.313 e. The van der Waals surface area contributed by atoms with E-state index >= 15 is 0 Å². The zero-order valence-corrected chi connectivity index (χ0v) is 12.1. The van der Waals surface area contributed by atoms with Gasteiger partial charge >= 0.3 is 0 Å². The molecule has 2 heteroatoms. The van der Waals surface area contributed by atoms with E-state index in [1.807, 2.05) is 0 Å². The van der Waals surface area contributed by atoms with Gasteiger partial charge in [0.05, 0.1) is 0 Å². The molecule has 0 atom stereocenters. The Kier molecular flexibility index (Phi) is 3.90. The molecule has 0 unspecified atom stereocenters. The van der Waals surface area contributed by atoms with Gasteiger partial charge in [-0.2, -0.15) is 0 Å². The zero-order valence-electron chi connectivity index (χ0n) is 12.1. The van der Waals surface area contributed by atoms with Crippen molar-refractivity contribution in [2.45, 2.75) is 45.2 Å². The summed E-state index contributed by atoms with van der Waals surface area (Å²) < 4.78 is 0. The van der Waals surface area contributed by atoms with E-state index in [1.54, 1.807) is 0 Å². The lowest BCUT2D eigenvalue weighted by atomic mass is 10.0. The first-order valence-electron chi connectivity index (χ1n) is 7.73. The van der Waals surface area contributed by atoms with Gasteiger partial charge in [-0.25, -0.2) is 0 Å². The maximum absolute atomic E-state index is 3.78. The fraction of sp³-hybridized carbons (Fsp3) is 0.647. The average molecular weight is 258 g/mol. The van der Waals surface area contributed by atoms with Gasteiger partial charge in [0, 0.05) is 19.1 Å². The molecule has 0 spiro atoms. The van der Waals surface area contributed by atoms with Gasteiger partial charge in [0.25, 0.3) is 0 Å². The topological polar surface area (TPSA) is 15.3 Å². The van der Waals surface area contributed by atoms with Gasteiger partial charge in [-0.1, -0.05) is 37.3 Å². The summed E-state index contributed by atoms with van der Waals surface area (Å²) in [4.78, 5) is 2.59. The summed E-state index contributed by atoms with van der Waals surface area (Å²) >= 11 is 0. The van der Waals surface area contributed by atoms with E-state index in [9.17, 15) is 0 Å². The van der Waals surface area contributed by atoms with Crippen LogP contribution in [0.5, 0.6) is 0 Å². The molecular weight excluding hydrogens is 232 g/mol. The number of piperidine rings is 1. The molecule has 0 amide bonds. The summed E-state index contributed by atoms with van der Waals surface area (Å²) in [7, 11) is 0. The summed E-state index contributed by atoms with van der Waals surface area (Å²) in [5.74, 6) is 0. The number of likely N-dealkylation sites (tertiary alicyclic amines) is 1. The fourth-order valence-electron chi connectivity index (χ4n) is 2.92. The van der Waals surface area contributed by atoms with Crippen LogP contribution in [0.3, 0.4) is 0 Å². The van der Waals surface area contributed by atoms with Crippen LogP contribution in [0.1, 0.15) is 38.2 Å². The number of hydrogen-bond donors (Lipinski definition) is 1. The number of nitrogens with zero attached hydrogens (tertiary/aromatic N) is 1. The van der Waals surface area contributed by atoms with Crippen LogP contribution < -0.4 is 5.32 Å². The van der Waals surface area contributed by atoms with Crippen molar-refractivity contribution in [1.29, 1.82) is 0 Å². The van der Waals surface area contributed by atoms with Crippen molar-refractivity contribution in [3.05, 3.63) is 35.9 Å².